The second kappa shape index (κ2) is 12.3. The molecule has 32 heavy (non-hydrogen) atoms. The topological polar surface area (TPSA) is 153 Å². The zero-order valence-electron chi connectivity index (χ0n) is 17.4. The molecule has 0 unspecified atom stereocenters. The SMILES string of the molecule is CC(=O)OC[C@@H]1O[C@H](OC(C)=O)[C@@H](NC(=O)OCC(Cl)(Cl)Cl)[C@H](OC(C)=O)[C@H]1OC(C)=O. The zero-order chi connectivity index (χ0) is 24.6. The summed E-state index contributed by atoms with van der Waals surface area (Å²) in [6, 6.07) is -1.43. The Kier molecular flexibility index (Phi) is 10.8. The quantitative estimate of drug-likeness (QED) is 0.291. The van der Waals surface area contributed by atoms with Gasteiger partial charge in [0.2, 0.25) is 10.1 Å². The van der Waals surface area contributed by atoms with Crippen molar-refractivity contribution in [2.75, 3.05) is 13.2 Å². The lowest BCUT2D eigenvalue weighted by Crippen LogP contribution is -2.67. The number of rotatable bonds is 7. The fourth-order valence-electron chi connectivity index (χ4n) is 2.65. The molecule has 0 saturated carbocycles. The lowest BCUT2D eigenvalue weighted by atomic mass is 9.96. The van der Waals surface area contributed by atoms with Gasteiger partial charge < -0.3 is 33.7 Å². The van der Waals surface area contributed by atoms with Crippen LogP contribution in [0.5, 0.6) is 0 Å². The molecule has 0 aromatic heterocycles. The highest BCUT2D eigenvalue weighted by atomic mass is 35.6. The van der Waals surface area contributed by atoms with Gasteiger partial charge in [-0.1, -0.05) is 34.8 Å². The van der Waals surface area contributed by atoms with Crippen molar-refractivity contribution in [3.8, 4) is 0 Å². The number of hydrogen-bond acceptors (Lipinski definition) is 11. The van der Waals surface area contributed by atoms with Crippen molar-refractivity contribution < 1.29 is 52.4 Å². The number of amides is 1. The molecule has 0 aliphatic carbocycles. The standard InChI is InChI=1S/C17H22Cl3NO11/c1-7(22)27-5-11-13(29-8(2)23)14(30-9(3)24)12(15(32-11)31-10(4)25)21-16(26)28-6-17(18,19)20/h11-15H,5-6H2,1-4H3,(H,21,26)/t11-,12-,13-,14-,15-/m0/s1. The third-order valence-electron chi connectivity index (χ3n) is 3.63. The number of esters is 4. The summed E-state index contributed by atoms with van der Waals surface area (Å²) in [5, 5.41) is 2.28. The Balaban J connectivity index is 3.28. The van der Waals surface area contributed by atoms with Crippen LogP contribution < -0.4 is 5.32 Å². The van der Waals surface area contributed by atoms with Crippen molar-refractivity contribution >= 4 is 64.8 Å². The Morgan fingerprint density at radius 3 is 1.81 bits per heavy atom. The molecule has 0 bridgehead atoms. The second-order valence-electron chi connectivity index (χ2n) is 6.46. The van der Waals surface area contributed by atoms with Crippen LogP contribution in [0.1, 0.15) is 27.7 Å². The predicted octanol–water partition coefficient (Wildman–Crippen LogP) is 1.17. The average molecular weight is 523 g/mol. The van der Waals surface area contributed by atoms with Gasteiger partial charge in [0.05, 0.1) is 0 Å². The third-order valence-corrected chi connectivity index (χ3v) is 3.96. The van der Waals surface area contributed by atoms with Crippen molar-refractivity contribution in [1.29, 1.82) is 0 Å². The van der Waals surface area contributed by atoms with Crippen molar-refractivity contribution in [2.45, 2.75) is 62.1 Å². The average Bonchev–Trinajstić information content (AvgIpc) is 2.61. The molecule has 0 aromatic carbocycles. The van der Waals surface area contributed by atoms with Gasteiger partial charge in [0.25, 0.3) is 0 Å². The van der Waals surface area contributed by atoms with E-state index in [9.17, 15) is 24.0 Å². The van der Waals surface area contributed by atoms with E-state index in [1.807, 2.05) is 0 Å². The number of hydrogen-bond donors (Lipinski definition) is 1. The zero-order valence-corrected chi connectivity index (χ0v) is 19.7. The summed E-state index contributed by atoms with van der Waals surface area (Å²) in [6.45, 7) is 3.22. The Morgan fingerprint density at radius 1 is 0.812 bits per heavy atom. The monoisotopic (exact) mass is 521 g/mol. The van der Waals surface area contributed by atoms with Gasteiger partial charge in [-0.2, -0.15) is 0 Å². The smallest absolute Gasteiger partial charge is 0.407 e. The van der Waals surface area contributed by atoms with Gasteiger partial charge >= 0.3 is 30.0 Å². The molecule has 1 fully saturated rings. The molecule has 15 heteroatoms. The van der Waals surface area contributed by atoms with Crippen LogP contribution in [-0.2, 0) is 47.6 Å². The molecule has 182 valence electrons. The van der Waals surface area contributed by atoms with Crippen LogP contribution in [0.15, 0.2) is 0 Å². The lowest BCUT2D eigenvalue weighted by molar-refractivity contribution is -0.270. The first-order valence-corrected chi connectivity index (χ1v) is 10.1. The van der Waals surface area contributed by atoms with Crippen molar-refractivity contribution in [3.05, 3.63) is 0 Å². The summed E-state index contributed by atoms with van der Waals surface area (Å²) >= 11 is 16.6. The largest absolute Gasteiger partial charge is 0.463 e. The highest BCUT2D eigenvalue weighted by molar-refractivity contribution is 6.67. The first-order valence-electron chi connectivity index (χ1n) is 9.00. The summed E-state index contributed by atoms with van der Waals surface area (Å²) in [6.07, 6.45) is -6.77. The van der Waals surface area contributed by atoms with Crippen molar-refractivity contribution in [2.24, 2.45) is 0 Å². The van der Waals surface area contributed by atoms with E-state index in [4.69, 9.17) is 63.2 Å². The number of carbonyl (C=O) groups is 5. The van der Waals surface area contributed by atoms with Gasteiger partial charge in [0.1, 0.15) is 25.4 Å². The minimum atomic E-state index is -1.92. The predicted molar refractivity (Wildman–Crippen MR) is 107 cm³/mol. The maximum Gasteiger partial charge on any atom is 0.407 e. The minimum absolute atomic E-state index is 0.451. The van der Waals surface area contributed by atoms with Crippen LogP contribution in [0.3, 0.4) is 0 Å². The fourth-order valence-corrected chi connectivity index (χ4v) is 2.81. The Bertz CT molecular complexity index is 727. The highest BCUT2D eigenvalue weighted by Gasteiger charge is 2.52. The molecule has 0 spiro atoms. The van der Waals surface area contributed by atoms with Gasteiger partial charge in [-0.25, -0.2) is 4.79 Å². The number of alkyl halides is 3. The maximum atomic E-state index is 12.2. The summed E-state index contributed by atoms with van der Waals surface area (Å²) in [4.78, 5) is 58.4. The number of carbonyl (C=O) groups excluding carboxylic acids is 5. The number of halogens is 3. The molecule has 12 nitrogen and oxygen atoms in total. The van der Waals surface area contributed by atoms with Gasteiger partial charge in [-0.05, 0) is 0 Å². The van der Waals surface area contributed by atoms with E-state index in [1.165, 1.54) is 0 Å². The first-order chi connectivity index (χ1) is 14.7. The molecule has 1 heterocycles. The van der Waals surface area contributed by atoms with Crippen LogP contribution in [0, 0.1) is 0 Å². The van der Waals surface area contributed by atoms with E-state index in [0.29, 0.717) is 0 Å². The van der Waals surface area contributed by atoms with Crippen LogP contribution >= 0.6 is 34.8 Å². The lowest BCUT2D eigenvalue weighted by Gasteiger charge is -2.44. The summed E-state index contributed by atoms with van der Waals surface area (Å²) in [7, 11) is 0. The normalized spacial score (nSPS) is 25.2. The molecule has 1 N–H and O–H groups in total. The Labute approximate surface area is 198 Å². The van der Waals surface area contributed by atoms with E-state index in [-0.39, 0.29) is 0 Å². The van der Waals surface area contributed by atoms with E-state index < -0.39 is 77.6 Å². The van der Waals surface area contributed by atoms with Gasteiger partial charge in [0.15, 0.2) is 12.2 Å². The minimum Gasteiger partial charge on any atom is -0.463 e. The van der Waals surface area contributed by atoms with Gasteiger partial charge in [-0.3, -0.25) is 19.2 Å². The number of ether oxygens (including phenoxy) is 6. The highest BCUT2D eigenvalue weighted by Crippen LogP contribution is 2.29. The second-order valence-corrected chi connectivity index (χ2v) is 8.98. The van der Waals surface area contributed by atoms with E-state index in [2.05, 4.69) is 5.32 Å². The van der Waals surface area contributed by atoms with E-state index in [1.54, 1.807) is 0 Å². The first kappa shape index (κ1) is 28.0. The van der Waals surface area contributed by atoms with Crippen LogP contribution in [-0.4, -0.2) is 77.6 Å². The Hall–Kier alpha value is -2.02. The maximum absolute atomic E-state index is 12.2. The molecule has 1 saturated heterocycles. The summed E-state index contributed by atoms with van der Waals surface area (Å²) < 4.78 is 28.9. The van der Waals surface area contributed by atoms with Crippen LogP contribution in [0.25, 0.3) is 0 Å². The number of alkyl carbamates (subject to hydrolysis) is 1. The van der Waals surface area contributed by atoms with E-state index in [0.717, 1.165) is 27.7 Å². The molecular weight excluding hydrogens is 501 g/mol. The van der Waals surface area contributed by atoms with Gasteiger partial charge in [-0.15, -0.1) is 0 Å². The summed E-state index contributed by atoms with van der Waals surface area (Å²) in [5.74, 6) is -3.13. The third kappa shape index (κ3) is 10.1. The molecule has 0 aromatic rings. The van der Waals surface area contributed by atoms with Crippen molar-refractivity contribution in [1.82, 2.24) is 5.32 Å². The molecule has 0 radical (unpaired) electrons. The molecule has 1 aliphatic rings. The van der Waals surface area contributed by atoms with Crippen LogP contribution in [0.2, 0.25) is 0 Å². The van der Waals surface area contributed by atoms with Crippen molar-refractivity contribution in [3.63, 3.8) is 0 Å². The molecule has 5 atom stereocenters. The Morgan fingerprint density at radius 2 is 1.34 bits per heavy atom. The fraction of sp³-hybridized carbons (Fsp3) is 0.706. The van der Waals surface area contributed by atoms with E-state index >= 15 is 0 Å². The van der Waals surface area contributed by atoms with Gasteiger partial charge in [0, 0.05) is 27.7 Å². The molecule has 1 rings (SSSR count). The number of nitrogens with one attached hydrogen (secondary N) is 1. The van der Waals surface area contributed by atoms with Crippen LogP contribution in [0.4, 0.5) is 4.79 Å². The molecule has 1 aliphatic heterocycles. The summed E-state index contributed by atoms with van der Waals surface area (Å²) in [5.41, 5.74) is 0. The molecule has 1 amide bonds. The molecular formula is C17H22Cl3NO11.